The summed E-state index contributed by atoms with van der Waals surface area (Å²) in [6, 6.07) is 0.773. The average Bonchev–Trinajstić information content (AvgIpc) is 2.48. The first-order valence-electron chi connectivity index (χ1n) is 5.41. The van der Waals surface area contributed by atoms with Crippen LogP contribution in [0.5, 0.6) is 0 Å². The van der Waals surface area contributed by atoms with Crippen molar-refractivity contribution in [3.05, 3.63) is 0 Å². The van der Waals surface area contributed by atoms with Gasteiger partial charge in [-0.05, 0) is 38.3 Å². The van der Waals surface area contributed by atoms with Crippen LogP contribution in [-0.4, -0.2) is 25.7 Å². The van der Waals surface area contributed by atoms with Crippen molar-refractivity contribution in [2.24, 2.45) is 5.92 Å². The quantitative estimate of drug-likeness (QED) is 0.613. The number of hydrogen-bond donors (Lipinski definition) is 2. The summed E-state index contributed by atoms with van der Waals surface area (Å²) in [4.78, 5) is 0. The molecular weight excluding hydrogens is 148 g/mol. The van der Waals surface area contributed by atoms with Gasteiger partial charge in [0.2, 0.25) is 0 Å². The summed E-state index contributed by atoms with van der Waals surface area (Å²) in [6.07, 6.45) is 7.13. The fourth-order valence-corrected chi connectivity index (χ4v) is 2.52. The fraction of sp³-hybridized carbons (Fsp3) is 1.00. The average molecular weight is 168 g/mol. The van der Waals surface area contributed by atoms with Gasteiger partial charge in [0.15, 0.2) is 0 Å². The van der Waals surface area contributed by atoms with E-state index in [0.717, 1.165) is 12.0 Å². The van der Waals surface area contributed by atoms with Gasteiger partial charge in [-0.2, -0.15) is 0 Å². The Balaban J connectivity index is 1.83. The minimum absolute atomic E-state index is 0.773. The molecule has 1 saturated carbocycles. The van der Waals surface area contributed by atoms with Crippen LogP contribution in [0.3, 0.4) is 0 Å². The van der Waals surface area contributed by atoms with Crippen LogP contribution in [0.4, 0.5) is 0 Å². The van der Waals surface area contributed by atoms with Crippen LogP contribution in [0.2, 0.25) is 0 Å². The standard InChI is InChI=1S/C10H20N2/c1-2-5-9(4-1)10-8-11-6-3-7-12-10/h9-12H,1-8H2. The fourth-order valence-electron chi connectivity index (χ4n) is 2.52. The highest BCUT2D eigenvalue weighted by Crippen LogP contribution is 2.27. The van der Waals surface area contributed by atoms with E-state index in [-0.39, 0.29) is 0 Å². The van der Waals surface area contributed by atoms with Gasteiger partial charge < -0.3 is 10.6 Å². The molecular formula is C10H20N2. The summed E-state index contributed by atoms with van der Waals surface area (Å²) in [5, 5.41) is 7.17. The third-order valence-electron chi connectivity index (χ3n) is 3.27. The van der Waals surface area contributed by atoms with Gasteiger partial charge in [0.25, 0.3) is 0 Å². The van der Waals surface area contributed by atoms with Crippen LogP contribution in [0.15, 0.2) is 0 Å². The molecule has 1 aliphatic heterocycles. The van der Waals surface area contributed by atoms with Crippen LogP contribution in [0.25, 0.3) is 0 Å². The SMILES string of the molecule is C1CNCC(C2CCCC2)NC1. The van der Waals surface area contributed by atoms with E-state index >= 15 is 0 Å². The van der Waals surface area contributed by atoms with Crippen molar-refractivity contribution in [3.63, 3.8) is 0 Å². The van der Waals surface area contributed by atoms with Crippen LogP contribution < -0.4 is 10.6 Å². The number of nitrogens with one attached hydrogen (secondary N) is 2. The second-order valence-corrected chi connectivity index (χ2v) is 4.16. The summed E-state index contributed by atoms with van der Waals surface area (Å²) < 4.78 is 0. The van der Waals surface area contributed by atoms with Gasteiger partial charge in [0.1, 0.15) is 0 Å². The van der Waals surface area contributed by atoms with Gasteiger partial charge in [-0.1, -0.05) is 12.8 Å². The van der Waals surface area contributed by atoms with Crippen molar-refractivity contribution < 1.29 is 0 Å². The molecule has 1 heterocycles. The molecule has 1 saturated heterocycles. The topological polar surface area (TPSA) is 24.1 Å². The molecule has 2 aliphatic rings. The lowest BCUT2D eigenvalue weighted by atomic mass is 9.98. The molecule has 2 rings (SSSR count). The molecule has 1 atom stereocenters. The molecule has 0 aromatic carbocycles. The Labute approximate surface area is 75.1 Å². The van der Waals surface area contributed by atoms with E-state index in [1.54, 1.807) is 0 Å². The van der Waals surface area contributed by atoms with E-state index in [9.17, 15) is 0 Å². The Bertz CT molecular complexity index is 122. The Kier molecular flexibility index (Phi) is 3.01. The monoisotopic (exact) mass is 168 g/mol. The van der Waals surface area contributed by atoms with Gasteiger partial charge in [0.05, 0.1) is 0 Å². The first kappa shape index (κ1) is 8.52. The molecule has 0 radical (unpaired) electrons. The third kappa shape index (κ3) is 1.99. The molecule has 0 bridgehead atoms. The lowest BCUT2D eigenvalue weighted by molar-refractivity contribution is 0.366. The maximum absolute atomic E-state index is 3.66. The molecule has 1 unspecified atom stereocenters. The molecule has 1 aliphatic carbocycles. The first-order chi connectivity index (χ1) is 5.97. The first-order valence-corrected chi connectivity index (χ1v) is 5.41. The van der Waals surface area contributed by atoms with Gasteiger partial charge >= 0.3 is 0 Å². The minimum atomic E-state index is 0.773. The van der Waals surface area contributed by atoms with Gasteiger partial charge in [-0.15, -0.1) is 0 Å². The van der Waals surface area contributed by atoms with Gasteiger partial charge in [-0.25, -0.2) is 0 Å². The number of hydrogen-bond acceptors (Lipinski definition) is 2. The lowest BCUT2D eigenvalue weighted by Gasteiger charge is -2.22. The maximum atomic E-state index is 3.66. The highest BCUT2D eigenvalue weighted by molar-refractivity contribution is 4.83. The largest absolute Gasteiger partial charge is 0.315 e. The molecule has 0 aromatic rings. The van der Waals surface area contributed by atoms with Crippen LogP contribution in [0.1, 0.15) is 32.1 Å². The Morgan fingerprint density at radius 1 is 0.917 bits per heavy atom. The summed E-state index contributed by atoms with van der Waals surface area (Å²) in [7, 11) is 0. The summed E-state index contributed by atoms with van der Waals surface area (Å²) in [5.41, 5.74) is 0. The van der Waals surface area contributed by atoms with E-state index in [2.05, 4.69) is 10.6 Å². The summed E-state index contributed by atoms with van der Waals surface area (Å²) >= 11 is 0. The third-order valence-corrected chi connectivity index (χ3v) is 3.27. The van der Waals surface area contributed by atoms with Gasteiger partial charge in [0, 0.05) is 12.6 Å². The lowest BCUT2D eigenvalue weighted by Crippen LogP contribution is -2.40. The molecule has 12 heavy (non-hydrogen) atoms. The minimum Gasteiger partial charge on any atom is -0.315 e. The normalized spacial score (nSPS) is 33.5. The second-order valence-electron chi connectivity index (χ2n) is 4.16. The van der Waals surface area contributed by atoms with Crippen molar-refractivity contribution >= 4 is 0 Å². The van der Waals surface area contributed by atoms with Crippen molar-refractivity contribution in [2.45, 2.75) is 38.1 Å². The predicted molar refractivity (Wildman–Crippen MR) is 51.2 cm³/mol. The molecule has 2 fully saturated rings. The zero-order chi connectivity index (χ0) is 8.23. The smallest absolute Gasteiger partial charge is 0.0220 e. The summed E-state index contributed by atoms with van der Waals surface area (Å²) in [5.74, 6) is 0.968. The summed E-state index contributed by atoms with van der Waals surface area (Å²) in [6.45, 7) is 3.62. The molecule has 2 N–H and O–H groups in total. The van der Waals surface area contributed by atoms with Crippen molar-refractivity contribution in [3.8, 4) is 0 Å². The zero-order valence-electron chi connectivity index (χ0n) is 7.81. The molecule has 70 valence electrons. The van der Waals surface area contributed by atoms with Crippen molar-refractivity contribution in [1.82, 2.24) is 10.6 Å². The predicted octanol–water partition coefficient (Wildman–Crippen LogP) is 1.13. The van der Waals surface area contributed by atoms with Crippen molar-refractivity contribution in [2.75, 3.05) is 19.6 Å². The molecule has 0 aromatic heterocycles. The molecule has 2 heteroatoms. The van der Waals surface area contributed by atoms with Crippen molar-refractivity contribution in [1.29, 1.82) is 0 Å². The Morgan fingerprint density at radius 2 is 1.75 bits per heavy atom. The van der Waals surface area contributed by atoms with E-state index < -0.39 is 0 Å². The van der Waals surface area contributed by atoms with Crippen LogP contribution in [-0.2, 0) is 0 Å². The van der Waals surface area contributed by atoms with Crippen LogP contribution in [0, 0.1) is 5.92 Å². The molecule has 0 spiro atoms. The molecule has 0 amide bonds. The Morgan fingerprint density at radius 3 is 2.58 bits per heavy atom. The second kappa shape index (κ2) is 4.24. The van der Waals surface area contributed by atoms with Gasteiger partial charge in [-0.3, -0.25) is 0 Å². The molecule has 2 nitrogen and oxygen atoms in total. The maximum Gasteiger partial charge on any atom is 0.0220 e. The number of rotatable bonds is 1. The van der Waals surface area contributed by atoms with E-state index in [0.29, 0.717) is 0 Å². The van der Waals surface area contributed by atoms with E-state index in [1.807, 2.05) is 0 Å². The van der Waals surface area contributed by atoms with Crippen LogP contribution >= 0.6 is 0 Å². The van der Waals surface area contributed by atoms with E-state index in [4.69, 9.17) is 0 Å². The highest BCUT2D eigenvalue weighted by atomic mass is 15.0. The van der Waals surface area contributed by atoms with E-state index in [1.165, 1.54) is 51.7 Å². The highest BCUT2D eigenvalue weighted by Gasteiger charge is 2.24. The Hall–Kier alpha value is -0.0800. The zero-order valence-corrected chi connectivity index (χ0v) is 7.81.